The lowest BCUT2D eigenvalue weighted by Crippen LogP contribution is -2.13. The third-order valence-electron chi connectivity index (χ3n) is 5.70. The third-order valence-corrected chi connectivity index (χ3v) is 5.70. The van der Waals surface area contributed by atoms with Gasteiger partial charge in [-0.1, -0.05) is 59.8 Å². The molecular weight excluding hydrogens is 418 g/mol. The smallest absolute Gasteiger partial charge is 0.341 e. The first kappa shape index (κ1) is 22.4. The van der Waals surface area contributed by atoms with Crippen molar-refractivity contribution in [2.24, 2.45) is 11.1 Å². The van der Waals surface area contributed by atoms with Crippen LogP contribution in [-0.2, 0) is 16.1 Å². The van der Waals surface area contributed by atoms with Crippen molar-refractivity contribution in [3.05, 3.63) is 95.6 Å². The summed E-state index contributed by atoms with van der Waals surface area (Å²) in [5.41, 5.74) is 4.26. The van der Waals surface area contributed by atoms with Gasteiger partial charge in [0.05, 0.1) is 0 Å². The Morgan fingerprint density at radius 1 is 0.909 bits per heavy atom. The molecule has 6 nitrogen and oxygen atoms in total. The Morgan fingerprint density at radius 2 is 1.55 bits per heavy atom. The van der Waals surface area contributed by atoms with Crippen molar-refractivity contribution in [3.63, 3.8) is 0 Å². The molecule has 0 radical (unpaired) electrons. The van der Waals surface area contributed by atoms with Crippen molar-refractivity contribution in [2.75, 3.05) is 20.3 Å². The fourth-order valence-corrected chi connectivity index (χ4v) is 3.92. The van der Waals surface area contributed by atoms with Crippen LogP contribution in [0.5, 0.6) is 11.5 Å². The van der Waals surface area contributed by atoms with Crippen LogP contribution in [0.15, 0.2) is 84.0 Å². The summed E-state index contributed by atoms with van der Waals surface area (Å²) in [6.07, 6.45) is 2.17. The molecule has 4 rings (SSSR count). The second-order valence-corrected chi connectivity index (χ2v) is 8.08. The number of benzene rings is 3. The lowest BCUT2D eigenvalue weighted by molar-refractivity contribution is -0.139. The van der Waals surface area contributed by atoms with E-state index in [0.717, 1.165) is 29.9 Å². The summed E-state index contributed by atoms with van der Waals surface area (Å²) >= 11 is 0. The Kier molecular flexibility index (Phi) is 7.25. The van der Waals surface area contributed by atoms with Gasteiger partial charge in [0, 0.05) is 5.56 Å². The van der Waals surface area contributed by atoms with Crippen molar-refractivity contribution in [1.29, 1.82) is 0 Å². The molecule has 0 bridgehead atoms. The van der Waals surface area contributed by atoms with Gasteiger partial charge in [0.2, 0.25) is 0 Å². The van der Waals surface area contributed by atoms with Crippen LogP contribution in [0.4, 0.5) is 0 Å². The molecule has 0 aromatic heterocycles. The minimum absolute atomic E-state index is 0.322. The number of carboxylic acids is 1. The number of aliphatic carboxylic acids is 1. The first-order valence-electron chi connectivity index (χ1n) is 10.9. The standard InChI is InChI=1S/C27H27NO5/c1-31-28-26(21-5-3-2-4-6-21)17-32-23-11-7-19(8-12-23)15-22-16-25(22)20-9-13-24(14-10-20)33-18-27(29)30/h2-14,22,25H,15-18H2,1H3,(H,29,30)/b28-26+/t22?,25-/m0/s1. The molecule has 0 amide bonds. The average molecular weight is 446 g/mol. The number of ether oxygens (including phenoxy) is 2. The highest BCUT2D eigenvalue weighted by Crippen LogP contribution is 2.49. The number of hydrogen-bond donors (Lipinski definition) is 1. The molecule has 1 unspecified atom stereocenters. The zero-order valence-electron chi connectivity index (χ0n) is 18.5. The van der Waals surface area contributed by atoms with Gasteiger partial charge in [-0.2, -0.15) is 0 Å². The Morgan fingerprint density at radius 3 is 2.18 bits per heavy atom. The molecule has 1 fully saturated rings. The quantitative estimate of drug-likeness (QED) is 0.335. The number of carboxylic acid groups (broad SMARTS) is 1. The largest absolute Gasteiger partial charge is 0.487 e. The molecule has 170 valence electrons. The van der Waals surface area contributed by atoms with Crippen LogP contribution in [0.1, 0.15) is 29.0 Å². The first-order chi connectivity index (χ1) is 16.1. The summed E-state index contributed by atoms with van der Waals surface area (Å²) in [7, 11) is 1.53. The van der Waals surface area contributed by atoms with E-state index in [9.17, 15) is 4.79 Å². The molecule has 0 heterocycles. The Labute approximate surface area is 193 Å². The van der Waals surface area contributed by atoms with Crippen LogP contribution in [0.3, 0.4) is 0 Å². The minimum Gasteiger partial charge on any atom is -0.487 e. The monoisotopic (exact) mass is 445 g/mol. The van der Waals surface area contributed by atoms with Crippen LogP contribution in [-0.4, -0.2) is 37.1 Å². The van der Waals surface area contributed by atoms with Crippen LogP contribution < -0.4 is 9.47 Å². The molecule has 1 N–H and O–H groups in total. The van der Waals surface area contributed by atoms with Crippen molar-refractivity contribution < 1.29 is 24.2 Å². The van der Waals surface area contributed by atoms with Crippen molar-refractivity contribution in [1.82, 2.24) is 0 Å². The number of nitrogens with zero attached hydrogens (tertiary/aromatic N) is 1. The molecule has 6 heteroatoms. The summed E-state index contributed by atoms with van der Waals surface area (Å²) < 4.78 is 11.1. The van der Waals surface area contributed by atoms with Gasteiger partial charge in [0.25, 0.3) is 0 Å². The summed E-state index contributed by atoms with van der Waals surface area (Å²) in [6, 6.07) is 25.8. The normalized spacial score (nSPS) is 17.3. The Balaban J connectivity index is 1.27. The third kappa shape index (κ3) is 6.35. The molecule has 3 aromatic rings. The van der Waals surface area contributed by atoms with Crippen molar-refractivity contribution in [2.45, 2.75) is 18.8 Å². The maximum atomic E-state index is 10.6. The van der Waals surface area contributed by atoms with Gasteiger partial charge in [0.15, 0.2) is 6.61 Å². The first-order valence-corrected chi connectivity index (χ1v) is 10.9. The van der Waals surface area contributed by atoms with Gasteiger partial charge < -0.3 is 19.4 Å². The Bertz CT molecular complexity index is 1080. The average Bonchev–Trinajstić information content (AvgIpc) is 3.61. The van der Waals surface area contributed by atoms with Gasteiger partial charge in [-0.05, 0) is 60.1 Å². The highest BCUT2D eigenvalue weighted by molar-refractivity contribution is 6.01. The summed E-state index contributed by atoms with van der Waals surface area (Å²) in [5.74, 6) is 1.55. The van der Waals surface area contributed by atoms with E-state index >= 15 is 0 Å². The van der Waals surface area contributed by atoms with E-state index in [1.165, 1.54) is 18.2 Å². The van der Waals surface area contributed by atoms with Gasteiger partial charge in [-0.25, -0.2) is 4.79 Å². The molecule has 0 saturated heterocycles. The topological polar surface area (TPSA) is 77.3 Å². The van der Waals surface area contributed by atoms with Crippen LogP contribution in [0.2, 0.25) is 0 Å². The SMILES string of the molecule is CO/N=C(\COc1ccc(CC2C[C@H]2c2ccc(OCC(=O)O)cc2)cc1)c1ccccc1. The maximum Gasteiger partial charge on any atom is 0.341 e. The van der Waals surface area contributed by atoms with E-state index in [2.05, 4.69) is 17.3 Å². The van der Waals surface area contributed by atoms with Crippen LogP contribution in [0.25, 0.3) is 0 Å². The van der Waals surface area contributed by atoms with E-state index in [-0.39, 0.29) is 6.61 Å². The van der Waals surface area contributed by atoms with E-state index < -0.39 is 5.97 Å². The lowest BCUT2D eigenvalue weighted by Gasteiger charge is -2.10. The van der Waals surface area contributed by atoms with Crippen molar-refractivity contribution >= 4 is 11.7 Å². The predicted octanol–water partition coefficient (Wildman–Crippen LogP) is 4.93. The number of carbonyl (C=O) groups is 1. The number of oxime groups is 1. The summed E-state index contributed by atoms with van der Waals surface area (Å²) in [6.45, 7) is 0.00589. The lowest BCUT2D eigenvalue weighted by atomic mass is 10.0. The molecule has 33 heavy (non-hydrogen) atoms. The van der Waals surface area contributed by atoms with Gasteiger partial charge in [-0.3, -0.25) is 0 Å². The second-order valence-electron chi connectivity index (χ2n) is 8.08. The zero-order chi connectivity index (χ0) is 23.0. The minimum atomic E-state index is -0.975. The van der Waals surface area contributed by atoms with Gasteiger partial charge in [-0.15, -0.1) is 0 Å². The zero-order valence-corrected chi connectivity index (χ0v) is 18.5. The molecular formula is C27H27NO5. The number of rotatable bonds is 11. The highest BCUT2D eigenvalue weighted by atomic mass is 16.6. The van der Waals surface area contributed by atoms with Gasteiger partial charge >= 0.3 is 5.97 Å². The van der Waals surface area contributed by atoms with E-state index in [1.807, 2.05) is 66.7 Å². The molecule has 1 aliphatic carbocycles. The Hall–Kier alpha value is -3.80. The fourth-order valence-electron chi connectivity index (χ4n) is 3.92. The predicted molar refractivity (Wildman–Crippen MR) is 126 cm³/mol. The molecule has 1 aliphatic rings. The molecule has 0 spiro atoms. The fraction of sp³-hybridized carbons (Fsp3) is 0.259. The van der Waals surface area contributed by atoms with E-state index in [0.29, 0.717) is 24.2 Å². The maximum absolute atomic E-state index is 10.6. The van der Waals surface area contributed by atoms with Crippen molar-refractivity contribution in [3.8, 4) is 11.5 Å². The highest BCUT2D eigenvalue weighted by Gasteiger charge is 2.37. The molecule has 3 aromatic carbocycles. The summed E-state index contributed by atoms with van der Waals surface area (Å²) in [5, 5.41) is 12.8. The number of hydrogen-bond acceptors (Lipinski definition) is 5. The van der Waals surface area contributed by atoms with Crippen LogP contribution in [0, 0.1) is 5.92 Å². The second kappa shape index (κ2) is 10.7. The van der Waals surface area contributed by atoms with E-state index in [4.69, 9.17) is 19.4 Å². The molecule has 2 atom stereocenters. The van der Waals surface area contributed by atoms with Gasteiger partial charge in [0.1, 0.15) is 30.9 Å². The van der Waals surface area contributed by atoms with Crippen LogP contribution >= 0.6 is 0 Å². The van der Waals surface area contributed by atoms with E-state index in [1.54, 1.807) is 0 Å². The molecule has 1 saturated carbocycles. The molecule has 0 aliphatic heterocycles. The summed E-state index contributed by atoms with van der Waals surface area (Å²) in [4.78, 5) is 15.6.